The quantitative estimate of drug-likeness (QED) is 0.788. The summed E-state index contributed by atoms with van der Waals surface area (Å²) in [6, 6.07) is 16.8. The fraction of sp³-hybridized carbons (Fsp3) is 0.167. The van der Waals surface area contributed by atoms with Gasteiger partial charge in [-0.05, 0) is 29.3 Å². The molecular weight excluding hydrogens is 295 g/mol. The summed E-state index contributed by atoms with van der Waals surface area (Å²) in [6.07, 6.45) is 1.60. The fourth-order valence-corrected chi connectivity index (χ4v) is 2.70. The van der Waals surface area contributed by atoms with Crippen molar-refractivity contribution < 1.29 is 14.2 Å². The molecule has 2 aromatic carbocycles. The third kappa shape index (κ3) is 2.76. The fourth-order valence-electron chi connectivity index (χ4n) is 2.70. The van der Waals surface area contributed by atoms with E-state index in [-0.39, 0.29) is 12.5 Å². The molecule has 23 heavy (non-hydrogen) atoms. The number of rotatable bonds is 5. The molecule has 0 aliphatic carbocycles. The SMILES string of the molecule is COCn1nccc1C(O)(c1ccccc1)c1ccc(F)cc1. The highest BCUT2D eigenvalue weighted by atomic mass is 19.1. The zero-order valence-corrected chi connectivity index (χ0v) is 12.7. The standard InChI is InChI=1S/C18H17FN2O2/c1-23-13-21-17(11-12-20-21)18(22,14-5-3-2-4-6-14)15-7-9-16(19)10-8-15/h2-12,22H,13H2,1H3. The minimum Gasteiger partial charge on any atom is -0.374 e. The summed E-state index contributed by atoms with van der Waals surface area (Å²) < 4.78 is 20.0. The summed E-state index contributed by atoms with van der Waals surface area (Å²) in [5.74, 6) is -0.352. The molecule has 1 atom stereocenters. The number of halogens is 1. The van der Waals surface area contributed by atoms with Crippen LogP contribution in [0.15, 0.2) is 66.9 Å². The van der Waals surface area contributed by atoms with Crippen LogP contribution in [0.5, 0.6) is 0 Å². The third-order valence-corrected chi connectivity index (χ3v) is 3.79. The zero-order valence-electron chi connectivity index (χ0n) is 12.7. The van der Waals surface area contributed by atoms with Gasteiger partial charge < -0.3 is 9.84 Å². The van der Waals surface area contributed by atoms with Crippen molar-refractivity contribution >= 4 is 0 Å². The highest BCUT2D eigenvalue weighted by Crippen LogP contribution is 2.36. The average Bonchev–Trinajstić information content (AvgIpc) is 3.05. The van der Waals surface area contributed by atoms with E-state index in [0.717, 1.165) is 0 Å². The van der Waals surface area contributed by atoms with Crippen molar-refractivity contribution in [3.05, 3.63) is 89.5 Å². The molecule has 118 valence electrons. The summed E-state index contributed by atoms with van der Waals surface area (Å²) in [5.41, 5.74) is 0.328. The van der Waals surface area contributed by atoms with E-state index in [1.807, 2.05) is 30.3 Å². The largest absolute Gasteiger partial charge is 0.374 e. The number of aromatic nitrogens is 2. The molecule has 1 N–H and O–H groups in total. The van der Waals surface area contributed by atoms with Crippen molar-refractivity contribution in [2.24, 2.45) is 0 Å². The van der Waals surface area contributed by atoms with Crippen LogP contribution in [0.2, 0.25) is 0 Å². The van der Waals surface area contributed by atoms with Crippen molar-refractivity contribution in [2.75, 3.05) is 7.11 Å². The molecule has 0 bridgehead atoms. The lowest BCUT2D eigenvalue weighted by Crippen LogP contribution is -2.32. The van der Waals surface area contributed by atoms with Crippen molar-refractivity contribution in [2.45, 2.75) is 12.3 Å². The van der Waals surface area contributed by atoms with Crippen molar-refractivity contribution in [1.29, 1.82) is 0 Å². The molecular formula is C18H17FN2O2. The summed E-state index contributed by atoms with van der Waals surface area (Å²) >= 11 is 0. The van der Waals surface area contributed by atoms with Gasteiger partial charge in [0, 0.05) is 13.3 Å². The zero-order chi connectivity index (χ0) is 16.3. The first-order valence-corrected chi connectivity index (χ1v) is 7.21. The van der Waals surface area contributed by atoms with Crippen LogP contribution in [0.1, 0.15) is 16.8 Å². The van der Waals surface area contributed by atoms with E-state index in [1.54, 1.807) is 36.2 Å². The number of benzene rings is 2. The van der Waals surface area contributed by atoms with Crippen LogP contribution < -0.4 is 0 Å². The third-order valence-electron chi connectivity index (χ3n) is 3.79. The first-order valence-electron chi connectivity index (χ1n) is 7.21. The van der Waals surface area contributed by atoms with Gasteiger partial charge in [-0.15, -0.1) is 0 Å². The normalized spacial score (nSPS) is 13.7. The van der Waals surface area contributed by atoms with E-state index in [1.165, 1.54) is 12.1 Å². The van der Waals surface area contributed by atoms with E-state index < -0.39 is 5.60 Å². The maximum atomic E-state index is 13.3. The Kier molecular flexibility index (Phi) is 4.23. The monoisotopic (exact) mass is 312 g/mol. The second kappa shape index (κ2) is 6.32. The van der Waals surface area contributed by atoms with Gasteiger partial charge in [0.2, 0.25) is 0 Å². The lowest BCUT2D eigenvalue weighted by Gasteiger charge is -2.30. The summed E-state index contributed by atoms with van der Waals surface area (Å²) in [4.78, 5) is 0. The average molecular weight is 312 g/mol. The smallest absolute Gasteiger partial charge is 0.157 e. The highest BCUT2D eigenvalue weighted by molar-refractivity contribution is 5.44. The van der Waals surface area contributed by atoms with E-state index in [0.29, 0.717) is 16.8 Å². The van der Waals surface area contributed by atoms with Crippen molar-refractivity contribution in [3.63, 3.8) is 0 Å². The van der Waals surface area contributed by atoms with Crippen LogP contribution in [-0.4, -0.2) is 22.0 Å². The highest BCUT2D eigenvalue weighted by Gasteiger charge is 2.36. The van der Waals surface area contributed by atoms with Crippen LogP contribution in [0.4, 0.5) is 4.39 Å². The molecule has 1 heterocycles. The van der Waals surface area contributed by atoms with Gasteiger partial charge in [-0.2, -0.15) is 5.10 Å². The molecule has 5 heteroatoms. The topological polar surface area (TPSA) is 47.3 Å². The number of hydrogen-bond acceptors (Lipinski definition) is 3. The maximum Gasteiger partial charge on any atom is 0.157 e. The van der Waals surface area contributed by atoms with Gasteiger partial charge in [-0.25, -0.2) is 9.07 Å². The van der Waals surface area contributed by atoms with Crippen LogP contribution in [0, 0.1) is 5.82 Å². The molecule has 0 fully saturated rings. The molecule has 3 rings (SSSR count). The van der Waals surface area contributed by atoms with Crippen LogP contribution >= 0.6 is 0 Å². The van der Waals surface area contributed by atoms with Gasteiger partial charge in [-0.3, -0.25) is 0 Å². The van der Waals surface area contributed by atoms with E-state index in [9.17, 15) is 9.50 Å². The van der Waals surface area contributed by atoms with Gasteiger partial charge in [-0.1, -0.05) is 42.5 Å². The molecule has 0 spiro atoms. The predicted molar refractivity (Wildman–Crippen MR) is 84.2 cm³/mol. The molecule has 0 saturated carbocycles. The summed E-state index contributed by atoms with van der Waals surface area (Å²) in [6.45, 7) is 0.207. The summed E-state index contributed by atoms with van der Waals surface area (Å²) in [7, 11) is 1.56. The maximum absolute atomic E-state index is 13.3. The Morgan fingerprint density at radius 1 is 1.04 bits per heavy atom. The van der Waals surface area contributed by atoms with E-state index in [2.05, 4.69) is 5.10 Å². The number of ether oxygens (including phenoxy) is 1. The number of methoxy groups -OCH3 is 1. The molecule has 0 radical (unpaired) electrons. The molecule has 0 saturated heterocycles. The minimum atomic E-state index is -1.45. The van der Waals surface area contributed by atoms with Crippen molar-refractivity contribution in [3.8, 4) is 0 Å². The number of hydrogen-bond donors (Lipinski definition) is 1. The Morgan fingerprint density at radius 3 is 2.35 bits per heavy atom. The van der Waals surface area contributed by atoms with Crippen LogP contribution in [0.3, 0.4) is 0 Å². The molecule has 4 nitrogen and oxygen atoms in total. The van der Waals surface area contributed by atoms with Gasteiger partial charge in [0.05, 0.1) is 5.69 Å². The van der Waals surface area contributed by atoms with Gasteiger partial charge in [0.25, 0.3) is 0 Å². The van der Waals surface area contributed by atoms with Crippen LogP contribution in [0.25, 0.3) is 0 Å². The lowest BCUT2D eigenvalue weighted by atomic mass is 9.83. The molecule has 1 aromatic heterocycles. The van der Waals surface area contributed by atoms with Gasteiger partial charge in [0.1, 0.15) is 12.5 Å². The van der Waals surface area contributed by atoms with Crippen molar-refractivity contribution in [1.82, 2.24) is 9.78 Å². The predicted octanol–water partition coefficient (Wildman–Crippen LogP) is 2.91. The Morgan fingerprint density at radius 2 is 1.70 bits per heavy atom. The molecule has 3 aromatic rings. The molecule has 0 aliphatic heterocycles. The molecule has 0 amide bonds. The van der Waals surface area contributed by atoms with Gasteiger partial charge in [0.15, 0.2) is 5.60 Å². The Labute approximate surface area is 133 Å². The van der Waals surface area contributed by atoms with Crippen LogP contribution in [-0.2, 0) is 17.1 Å². The second-order valence-electron chi connectivity index (χ2n) is 5.22. The lowest BCUT2D eigenvalue weighted by molar-refractivity contribution is 0.0810. The van der Waals surface area contributed by atoms with E-state index in [4.69, 9.17) is 4.74 Å². The minimum absolute atomic E-state index is 0.207. The van der Waals surface area contributed by atoms with Gasteiger partial charge >= 0.3 is 0 Å². The molecule has 0 aliphatic rings. The number of aliphatic hydroxyl groups is 1. The van der Waals surface area contributed by atoms with E-state index >= 15 is 0 Å². The second-order valence-corrected chi connectivity index (χ2v) is 5.22. The molecule has 1 unspecified atom stereocenters. The first kappa shape index (κ1) is 15.4. The first-order chi connectivity index (χ1) is 11.2. The number of nitrogens with zero attached hydrogens (tertiary/aromatic N) is 2. The Balaban J connectivity index is 2.21. The summed E-state index contributed by atoms with van der Waals surface area (Å²) in [5, 5.41) is 15.8. The Hall–Kier alpha value is -2.50. The Bertz CT molecular complexity index is 771.